The summed E-state index contributed by atoms with van der Waals surface area (Å²) in [7, 11) is 0. The van der Waals surface area contributed by atoms with E-state index in [0.29, 0.717) is 0 Å². The van der Waals surface area contributed by atoms with Crippen LogP contribution in [0.25, 0.3) is 43.7 Å². The summed E-state index contributed by atoms with van der Waals surface area (Å²) in [6.07, 6.45) is 2.18. The van der Waals surface area contributed by atoms with Crippen molar-refractivity contribution in [3.05, 3.63) is 119 Å². The molecule has 1 aromatic heterocycles. The number of hydrogen-bond acceptors (Lipinski definition) is 1. The van der Waals surface area contributed by atoms with Crippen molar-refractivity contribution in [3.8, 4) is 11.1 Å². The average Bonchev–Trinajstić information content (AvgIpc) is 3.34. The van der Waals surface area contributed by atoms with E-state index in [4.69, 9.17) is 0 Å². The smallest absolute Gasteiger partial charge is 0.0726 e. The molecule has 0 bridgehead atoms. The topological polar surface area (TPSA) is 4.93 Å². The van der Waals surface area contributed by atoms with Gasteiger partial charge in [-0.25, -0.2) is 0 Å². The SMILES string of the molecule is CSn1c2cccc3c2c2c4c(cccc4ccc21)C31c2ccccc2-c2ccccc21. The minimum Gasteiger partial charge on any atom is -0.283 e. The summed E-state index contributed by atoms with van der Waals surface area (Å²) in [5, 5.41) is 5.55. The van der Waals surface area contributed by atoms with Gasteiger partial charge in [-0.1, -0.05) is 84.9 Å². The number of rotatable bonds is 1. The molecule has 32 heavy (non-hydrogen) atoms. The Morgan fingerprint density at radius 1 is 0.531 bits per heavy atom. The van der Waals surface area contributed by atoms with Gasteiger partial charge in [0.2, 0.25) is 0 Å². The van der Waals surface area contributed by atoms with Crippen LogP contribution in [0.3, 0.4) is 0 Å². The zero-order valence-electron chi connectivity index (χ0n) is 17.6. The van der Waals surface area contributed by atoms with E-state index >= 15 is 0 Å². The molecule has 150 valence electrons. The molecule has 0 radical (unpaired) electrons. The molecule has 2 aliphatic rings. The Morgan fingerprint density at radius 2 is 1.12 bits per heavy atom. The van der Waals surface area contributed by atoms with E-state index in [-0.39, 0.29) is 5.41 Å². The quantitative estimate of drug-likeness (QED) is 0.260. The van der Waals surface area contributed by atoms with Crippen molar-refractivity contribution in [2.45, 2.75) is 5.41 Å². The van der Waals surface area contributed by atoms with E-state index < -0.39 is 0 Å². The van der Waals surface area contributed by atoms with Gasteiger partial charge in [-0.2, -0.15) is 0 Å². The number of fused-ring (bicyclic) bond motifs is 7. The minimum atomic E-state index is -0.294. The largest absolute Gasteiger partial charge is 0.283 e. The Bertz CT molecular complexity index is 1730. The highest BCUT2D eigenvalue weighted by atomic mass is 32.2. The molecule has 0 saturated heterocycles. The summed E-state index contributed by atoms with van der Waals surface area (Å²) in [4.78, 5) is 0. The summed E-state index contributed by atoms with van der Waals surface area (Å²) in [6.45, 7) is 0. The minimum absolute atomic E-state index is 0.294. The fourth-order valence-electron chi connectivity index (χ4n) is 6.67. The van der Waals surface area contributed by atoms with Crippen LogP contribution in [0, 0.1) is 0 Å². The Balaban J connectivity index is 1.74. The van der Waals surface area contributed by atoms with Crippen molar-refractivity contribution in [3.63, 3.8) is 0 Å². The predicted molar refractivity (Wildman–Crippen MR) is 137 cm³/mol. The van der Waals surface area contributed by atoms with Crippen LogP contribution in [0.2, 0.25) is 0 Å². The Hall–Kier alpha value is -3.49. The first-order chi connectivity index (χ1) is 15.9. The maximum absolute atomic E-state index is 2.41. The third kappa shape index (κ3) is 1.67. The molecule has 2 aliphatic carbocycles. The molecule has 6 aromatic rings. The van der Waals surface area contributed by atoms with Gasteiger partial charge in [0.25, 0.3) is 0 Å². The normalized spacial score (nSPS) is 14.8. The van der Waals surface area contributed by atoms with Crippen molar-refractivity contribution in [1.82, 2.24) is 3.97 Å². The number of nitrogens with zero attached hydrogens (tertiary/aromatic N) is 1. The number of aromatic nitrogens is 1. The lowest BCUT2D eigenvalue weighted by Crippen LogP contribution is -2.30. The first-order valence-electron chi connectivity index (χ1n) is 11.1. The fourth-order valence-corrected chi connectivity index (χ4v) is 7.37. The van der Waals surface area contributed by atoms with Crippen LogP contribution in [0.1, 0.15) is 22.3 Å². The third-order valence-corrected chi connectivity index (χ3v) is 8.46. The van der Waals surface area contributed by atoms with Crippen molar-refractivity contribution in [2.24, 2.45) is 0 Å². The Morgan fingerprint density at radius 3 is 1.84 bits per heavy atom. The lowest BCUT2D eigenvalue weighted by molar-refractivity contribution is 0.783. The lowest BCUT2D eigenvalue weighted by atomic mass is 9.63. The van der Waals surface area contributed by atoms with Gasteiger partial charge >= 0.3 is 0 Å². The Labute approximate surface area is 190 Å². The van der Waals surface area contributed by atoms with Crippen LogP contribution in [0.5, 0.6) is 0 Å². The zero-order valence-corrected chi connectivity index (χ0v) is 18.4. The second-order valence-corrected chi connectivity index (χ2v) is 9.61. The van der Waals surface area contributed by atoms with Gasteiger partial charge in [-0.15, -0.1) is 0 Å². The molecular weight excluding hydrogens is 406 g/mol. The van der Waals surface area contributed by atoms with E-state index in [9.17, 15) is 0 Å². The highest BCUT2D eigenvalue weighted by Crippen LogP contribution is 2.61. The van der Waals surface area contributed by atoms with Crippen molar-refractivity contribution < 1.29 is 0 Å². The lowest BCUT2D eigenvalue weighted by Gasteiger charge is -2.37. The second kappa shape index (κ2) is 5.65. The van der Waals surface area contributed by atoms with Crippen LogP contribution < -0.4 is 0 Å². The molecule has 0 unspecified atom stereocenters. The first-order valence-corrected chi connectivity index (χ1v) is 12.3. The van der Waals surface area contributed by atoms with E-state index in [1.54, 1.807) is 11.9 Å². The van der Waals surface area contributed by atoms with E-state index in [1.807, 2.05) is 0 Å². The molecular formula is C30H19NS. The maximum Gasteiger partial charge on any atom is 0.0726 e. The molecule has 8 rings (SSSR count). The highest BCUT2D eigenvalue weighted by molar-refractivity contribution is 7.97. The molecule has 1 spiro atoms. The number of benzene rings is 5. The molecule has 0 amide bonds. The Kier molecular flexibility index (Phi) is 3.02. The zero-order chi connectivity index (χ0) is 21.0. The summed E-state index contributed by atoms with van der Waals surface area (Å²) in [5.41, 5.74) is 10.7. The molecule has 2 heteroatoms. The van der Waals surface area contributed by atoms with Gasteiger partial charge in [-0.05, 0) is 68.2 Å². The van der Waals surface area contributed by atoms with Gasteiger partial charge in [-0.3, -0.25) is 3.97 Å². The molecule has 1 heterocycles. The predicted octanol–water partition coefficient (Wildman–Crippen LogP) is 7.75. The second-order valence-electron chi connectivity index (χ2n) is 8.88. The molecule has 0 fully saturated rings. The van der Waals surface area contributed by atoms with Crippen LogP contribution in [-0.4, -0.2) is 10.2 Å². The van der Waals surface area contributed by atoms with Gasteiger partial charge < -0.3 is 0 Å². The fraction of sp³-hybridized carbons (Fsp3) is 0.0667. The monoisotopic (exact) mass is 425 g/mol. The van der Waals surface area contributed by atoms with Gasteiger partial charge in [0, 0.05) is 17.0 Å². The maximum atomic E-state index is 2.41. The van der Waals surface area contributed by atoms with Crippen molar-refractivity contribution in [2.75, 3.05) is 6.26 Å². The molecule has 0 saturated carbocycles. The van der Waals surface area contributed by atoms with Crippen LogP contribution in [0.4, 0.5) is 0 Å². The summed E-state index contributed by atoms with van der Waals surface area (Å²) >= 11 is 1.79. The van der Waals surface area contributed by atoms with Crippen molar-refractivity contribution in [1.29, 1.82) is 0 Å². The molecule has 5 aromatic carbocycles. The van der Waals surface area contributed by atoms with E-state index in [2.05, 4.69) is 107 Å². The summed E-state index contributed by atoms with van der Waals surface area (Å²) < 4.78 is 2.41. The first kappa shape index (κ1) is 17.1. The molecule has 0 aliphatic heterocycles. The number of hydrogen-bond donors (Lipinski definition) is 0. The van der Waals surface area contributed by atoms with Gasteiger partial charge in [0.15, 0.2) is 0 Å². The summed E-state index contributed by atoms with van der Waals surface area (Å²) in [5.74, 6) is 0. The molecule has 0 N–H and O–H groups in total. The standard InChI is InChI=1S/C30H19NS/c1-32-31-25-15-7-14-24-28(25)29-26(31)17-16-18-8-6-13-23(27(18)29)30(24)21-11-4-2-9-19(21)20-10-3-5-12-22(20)30/h2-17H,1H3. The van der Waals surface area contributed by atoms with Crippen molar-refractivity contribution >= 4 is 44.5 Å². The average molecular weight is 426 g/mol. The van der Waals surface area contributed by atoms with Crippen LogP contribution in [0.15, 0.2) is 97.1 Å². The third-order valence-electron chi connectivity index (χ3n) is 7.70. The summed E-state index contributed by atoms with van der Waals surface area (Å²) in [6, 6.07) is 36.5. The van der Waals surface area contributed by atoms with E-state index in [1.165, 1.54) is 66.0 Å². The van der Waals surface area contributed by atoms with Crippen LogP contribution in [-0.2, 0) is 5.41 Å². The molecule has 1 nitrogen and oxygen atoms in total. The van der Waals surface area contributed by atoms with Gasteiger partial charge in [0.05, 0.1) is 16.4 Å². The van der Waals surface area contributed by atoms with E-state index in [0.717, 1.165) is 0 Å². The van der Waals surface area contributed by atoms with Crippen LogP contribution >= 0.6 is 11.9 Å². The molecule has 0 atom stereocenters. The highest BCUT2D eigenvalue weighted by Gasteiger charge is 2.49. The van der Waals surface area contributed by atoms with Gasteiger partial charge in [0.1, 0.15) is 0 Å².